The predicted octanol–water partition coefficient (Wildman–Crippen LogP) is 2.12. The molecule has 0 bridgehead atoms. The smallest absolute Gasteiger partial charge is 0.217 e. The van der Waals surface area contributed by atoms with Crippen molar-refractivity contribution in [3.05, 3.63) is 35.4 Å². The van der Waals surface area contributed by atoms with Gasteiger partial charge < -0.3 is 10.4 Å². The van der Waals surface area contributed by atoms with Crippen molar-refractivity contribution >= 4 is 5.91 Å². The molecule has 2 rings (SSSR count). The first-order valence-corrected chi connectivity index (χ1v) is 6.55. The highest BCUT2D eigenvalue weighted by molar-refractivity contribution is 5.73. The first kappa shape index (κ1) is 13.1. The molecule has 0 saturated heterocycles. The molecule has 1 amide bonds. The third-order valence-electron chi connectivity index (χ3n) is 4.06. The molecule has 1 aromatic rings. The molecule has 18 heavy (non-hydrogen) atoms. The first-order chi connectivity index (χ1) is 8.48. The molecule has 1 aromatic carbocycles. The molecule has 1 saturated carbocycles. The van der Waals surface area contributed by atoms with Crippen LogP contribution >= 0.6 is 0 Å². The van der Waals surface area contributed by atoms with Crippen LogP contribution in [0.4, 0.5) is 0 Å². The van der Waals surface area contributed by atoms with Gasteiger partial charge in [0, 0.05) is 6.92 Å². The minimum Gasteiger partial charge on any atom is -0.383 e. The second kappa shape index (κ2) is 4.73. The van der Waals surface area contributed by atoms with Crippen LogP contribution in [0.15, 0.2) is 24.3 Å². The summed E-state index contributed by atoms with van der Waals surface area (Å²) in [5.41, 5.74) is 1.17. The van der Waals surface area contributed by atoms with E-state index >= 15 is 0 Å². The molecule has 3 nitrogen and oxygen atoms in total. The third kappa shape index (κ3) is 2.03. The molecule has 1 aliphatic rings. The highest BCUT2D eigenvalue weighted by Gasteiger charge is 2.54. The van der Waals surface area contributed by atoms with Gasteiger partial charge >= 0.3 is 0 Å². The lowest BCUT2D eigenvalue weighted by molar-refractivity contribution is -0.147. The number of amides is 1. The molecule has 1 fully saturated rings. The fraction of sp³-hybridized carbons (Fsp3) is 0.533. The monoisotopic (exact) mass is 247 g/mol. The Morgan fingerprint density at radius 2 is 2.06 bits per heavy atom. The number of benzene rings is 1. The fourth-order valence-corrected chi connectivity index (χ4v) is 2.92. The number of aliphatic hydroxyl groups is 1. The van der Waals surface area contributed by atoms with E-state index in [1.807, 2.05) is 31.2 Å². The number of carbonyl (C=O) groups is 1. The molecule has 3 heteroatoms. The summed E-state index contributed by atoms with van der Waals surface area (Å²) < 4.78 is 0. The van der Waals surface area contributed by atoms with E-state index in [9.17, 15) is 9.90 Å². The lowest BCUT2D eigenvalue weighted by Crippen LogP contribution is -2.63. The molecule has 1 aliphatic carbocycles. The van der Waals surface area contributed by atoms with E-state index in [4.69, 9.17) is 0 Å². The van der Waals surface area contributed by atoms with Crippen LogP contribution in [0.2, 0.25) is 0 Å². The third-order valence-corrected chi connectivity index (χ3v) is 4.06. The number of rotatable bonds is 3. The maximum absolute atomic E-state index is 11.2. The molecule has 2 N–H and O–H groups in total. The average molecular weight is 247 g/mol. The van der Waals surface area contributed by atoms with Crippen LogP contribution < -0.4 is 5.32 Å². The first-order valence-electron chi connectivity index (χ1n) is 6.55. The summed E-state index contributed by atoms with van der Waals surface area (Å²) in [6, 6.07) is 7.77. The van der Waals surface area contributed by atoms with Gasteiger partial charge in [0.1, 0.15) is 5.60 Å². The van der Waals surface area contributed by atoms with Gasteiger partial charge in [0.15, 0.2) is 0 Å². The van der Waals surface area contributed by atoms with Crippen LogP contribution in [0.3, 0.4) is 0 Å². The number of carbonyl (C=O) groups excluding carboxylic acids is 1. The molecule has 0 spiro atoms. The fourth-order valence-electron chi connectivity index (χ4n) is 2.92. The molecular weight excluding hydrogens is 226 g/mol. The summed E-state index contributed by atoms with van der Waals surface area (Å²) in [5.74, 6) is 0.136. The van der Waals surface area contributed by atoms with Gasteiger partial charge in [-0.05, 0) is 24.8 Å². The highest BCUT2D eigenvalue weighted by Crippen LogP contribution is 2.48. The zero-order valence-corrected chi connectivity index (χ0v) is 11.2. The maximum Gasteiger partial charge on any atom is 0.217 e. The Balaban J connectivity index is 2.28. The van der Waals surface area contributed by atoms with Gasteiger partial charge in [-0.25, -0.2) is 0 Å². The Bertz CT molecular complexity index is 440. The van der Waals surface area contributed by atoms with Crippen LogP contribution in [0.25, 0.3) is 0 Å². The van der Waals surface area contributed by atoms with Gasteiger partial charge in [-0.3, -0.25) is 4.79 Å². The number of hydrogen-bond acceptors (Lipinski definition) is 2. The normalized spacial score (nSPS) is 30.7. The lowest BCUT2D eigenvalue weighted by atomic mass is 9.60. The van der Waals surface area contributed by atoms with Crippen molar-refractivity contribution in [2.75, 3.05) is 0 Å². The maximum atomic E-state index is 11.2. The Labute approximate surface area is 108 Å². The number of hydrogen-bond donors (Lipinski definition) is 2. The van der Waals surface area contributed by atoms with E-state index in [1.54, 1.807) is 0 Å². The zero-order chi connectivity index (χ0) is 13.3. The molecule has 0 radical (unpaired) electrons. The SMILES string of the molecule is CCC1CC(NC(C)=O)C1(O)c1ccc(C)cc1. The van der Waals surface area contributed by atoms with Gasteiger partial charge in [0.05, 0.1) is 6.04 Å². The molecule has 0 heterocycles. The summed E-state index contributed by atoms with van der Waals surface area (Å²) in [6.07, 6.45) is 1.76. The van der Waals surface area contributed by atoms with Crippen molar-refractivity contribution in [2.45, 2.75) is 45.3 Å². The second-order valence-electron chi connectivity index (χ2n) is 5.29. The summed E-state index contributed by atoms with van der Waals surface area (Å²) in [5, 5.41) is 13.8. The van der Waals surface area contributed by atoms with E-state index in [0.717, 1.165) is 18.4 Å². The van der Waals surface area contributed by atoms with E-state index in [1.165, 1.54) is 12.5 Å². The van der Waals surface area contributed by atoms with Gasteiger partial charge in [-0.15, -0.1) is 0 Å². The topological polar surface area (TPSA) is 49.3 Å². The lowest BCUT2D eigenvalue weighted by Gasteiger charge is -2.52. The minimum atomic E-state index is -0.909. The van der Waals surface area contributed by atoms with Crippen molar-refractivity contribution < 1.29 is 9.90 Å². The number of nitrogens with one attached hydrogen (secondary N) is 1. The Hall–Kier alpha value is -1.35. The second-order valence-corrected chi connectivity index (χ2v) is 5.29. The molecule has 0 aromatic heterocycles. The van der Waals surface area contributed by atoms with Gasteiger partial charge in [0.25, 0.3) is 0 Å². The molecule has 3 unspecified atom stereocenters. The standard InChI is InChI=1S/C15H21NO2/c1-4-12-9-14(16-11(3)17)15(12,18)13-7-5-10(2)6-8-13/h5-8,12,14,18H,4,9H2,1-3H3,(H,16,17). The van der Waals surface area contributed by atoms with Crippen LogP contribution in [0, 0.1) is 12.8 Å². The average Bonchev–Trinajstić information content (AvgIpc) is 2.33. The summed E-state index contributed by atoms with van der Waals surface area (Å²) in [7, 11) is 0. The Kier molecular flexibility index (Phi) is 3.44. The summed E-state index contributed by atoms with van der Waals surface area (Å²) >= 11 is 0. The quantitative estimate of drug-likeness (QED) is 0.859. The van der Waals surface area contributed by atoms with Gasteiger partial charge in [-0.2, -0.15) is 0 Å². The van der Waals surface area contributed by atoms with E-state index in [0.29, 0.717) is 0 Å². The van der Waals surface area contributed by atoms with Crippen molar-refractivity contribution in [1.29, 1.82) is 0 Å². The minimum absolute atomic E-state index is 0.0833. The Morgan fingerprint density at radius 3 is 2.56 bits per heavy atom. The molecular formula is C15H21NO2. The summed E-state index contributed by atoms with van der Waals surface area (Å²) in [4.78, 5) is 11.2. The van der Waals surface area contributed by atoms with Crippen LogP contribution in [-0.4, -0.2) is 17.1 Å². The van der Waals surface area contributed by atoms with E-state index in [-0.39, 0.29) is 17.9 Å². The predicted molar refractivity (Wildman–Crippen MR) is 71.1 cm³/mol. The summed E-state index contributed by atoms with van der Waals surface area (Å²) in [6.45, 7) is 5.60. The largest absolute Gasteiger partial charge is 0.383 e. The zero-order valence-electron chi connectivity index (χ0n) is 11.2. The van der Waals surface area contributed by atoms with Crippen molar-refractivity contribution in [1.82, 2.24) is 5.32 Å². The molecule has 0 aliphatic heterocycles. The molecule has 3 atom stereocenters. The van der Waals surface area contributed by atoms with Gasteiger partial charge in [-0.1, -0.05) is 43.2 Å². The van der Waals surface area contributed by atoms with E-state index < -0.39 is 5.60 Å². The van der Waals surface area contributed by atoms with Crippen LogP contribution in [-0.2, 0) is 10.4 Å². The van der Waals surface area contributed by atoms with Crippen LogP contribution in [0.5, 0.6) is 0 Å². The van der Waals surface area contributed by atoms with Gasteiger partial charge in [0.2, 0.25) is 5.91 Å². The van der Waals surface area contributed by atoms with Crippen molar-refractivity contribution in [2.24, 2.45) is 5.92 Å². The highest BCUT2D eigenvalue weighted by atomic mass is 16.3. The molecule has 98 valence electrons. The van der Waals surface area contributed by atoms with Crippen molar-refractivity contribution in [3.63, 3.8) is 0 Å². The van der Waals surface area contributed by atoms with Crippen LogP contribution in [0.1, 0.15) is 37.8 Å². The van der Waals surface area contributed by atoms with E-state index in [2.05, 4.69) is 12.2 Å². The Morgan fingerprint density at radius 1 is 1.44 bits per heavy atom. The van der Waals surface area contributed by atoms with Crippen molar-refractivity contribution in [3.8, 4) is 0 Å². The number of aryl methyl sites for hydroxylation is 1.